The van der Waals surface area contributed by atoms with Crippen LogP contribution in [0.1, 0.15) is 13.8 Å². The fourth-order valence-electron chi connectivity index (χ4n) is 2.80. The number of aromatic nitrogens is 5. The summed E-state index contributed by atoms with van der Waals surface area (Å²) >= 11 is 5.96. The van der Waals surface area contributed by atoms with E-state index in [1.807, 2.05) is 44.2 Å². The Morgan fingerprint density at radius 1 is 1.00 bits per heavy atom. The van der Waals surface area contributed by atoms with Crippen LogP contribution in [0, 0.1) is 0 Å². The molecule has 2 aromatic heterocycles. The number of nitrogens with zero attached hydrogens (tertiary/aromatic N) is 5. The van der Waals surface area contributed by atoms with E-state index in [9.17, 15) is 4.79 Å². The van der Waals surface area contributed by atoms with E-state index in [-0.39, 0.29) is 17.1 Å². The van der Waals surface area contributed by atoms with Gasteiger partial charge < -0.3 is 5.32 Å². The maximum atomic E-state index is 13.2. The van der Waals surface area contributed by atoms with Crippen LogP contribution < -0.4 is 10.9 Å². The molecule has 0 radical (unpaired) electrons. The highest BCUT2D eigenvalue weighted by Gasteiger charge is 2.19. The predicted molar refractivity (Wildman–Crippen MR) is 106 cm³/mol. The molecule has 0 unspecified atom stereocenters. The number of fused-ring (bicyclic) bond motifs is 1. The van der Waals surface area contributed by atoms with Crippen molar-refractivity contribution >= 4 is 28.7 Å². The molecule has 0 saturated carbocycles. The van der Waals surface area contributed by atoms with Crippen LogP contribution in [0.4, 0.5) is 5.95 Å². The summed E-state index contributed by atoms with van der Waals surface area (Å²) in [5.74, 6) is 0.436. The van der Waals surface area contributed by atoms with E-state index < -0.39 is 0 Å². The summed E-state index contributed by atoms with van der Waals surface area (Å²) in [6, 6.07) is 16.5. The van der Waals surface area contributed by atoms with Gasteiger partial charge >= 0.3 is 0 Å². The molecule has 2 aromatic carbocycles. The van der Waals surface area contributed by atoms with Crippen LogP contribution in [0.15, 0.2) is 59.4 Å². The second kappa shape index (κ2) is 6.85. The maximum Gasteiger partial charge on any atom is 0.289 e. The first-order valence-electron chi connectivity index (χ1n) is 8.51. The third kappa shape index (κ3) is 3.17. The molecule has 0 aliphatic carbocycles. The molecule has 136 valence electrons. The number of halogens is 1. The first-order valence-corrected chi connectivity index (χ1v) is 8.89. The lowest BCUT2D eigenvalue weighted by atomic mass is 10.3. The summed E-state index contributed by atoms with van der Waals surface area (Å²) in [5.41, 5.74) is 1.73. The molecule has 1 N–H and O–H groups in total. The molecule has 0 aliphatic heterocycles. The zero-order chi connectivity index (χ0) is 19.0. The van der Waals surface area contributed by atoms with Gasteiger partial charge in [-0.25, -0.2) is 4.57 Å². The van der Waals surface area contributed by atoms with Crippen molar-refractivity contribution in [3.8, 4) is 11.4 Å². The van der Waals surface area contributed by atoms with Crippen LogP contribution in [0.3, 0.4) is 0 Å². The zero-order valence-corrected chi connectivity index (χ0v) is 15.6. The van der Waals surface area contributed by atoms with Gasteiger partial charge in [-0.2, -0.15) is 9.67 Å². The topological polar surface area (TPSA) is 77.6 Å². The van der Waals surface area contributed by atoms with Gasteiger partial charge in [0, 0.05) is 11.1 Å². The second-order valence-electron chi connectivity index (χ2n) is 6.36. The zero-order valence-electron chi connectivity index (χ0n) is 14.8. The Labute approximate surface area is 160 Å². The van der Waals surface area contributed by atoms with Crippen molar-refractivity contribution in [2.24, 2.45) is 0 Å². The van der Waals surface area contributed by atoms with Gasteiger partial charge in [0.25, 0.3) is 5.56 Å². The van der Waals surface area contributed by atoms with Gasteiger partial charge in [0.2, 0.25) is 5.95 Å². The van der Waals surface area contributed by atoms with E-state index >= 15 is 0 Å². The summed E-state index contributed by atoms with van der Waals surface area (Å²) in [6.45, 7) is 3.97. The lowest BCUT2D eigenvalue weighted by Crippen LogP contribution is -2.26. The van der Waals surface area contributed by atoms with Crippen LogP contribution >= 0.6 is 11.6 Å². The fraction of sp³-hybridized carbons (Fsp3) is 0.158. The Balaban J connectivity index is 1.99. The van der Waals surface area contributed by atoms with Crippen molar-refractivity contribution in [1.29, 1.82) is 0 Å². The third-order valence-electron chi connectivity index (χ3n) is 3.98. The average molecular weight is 381 g/mol. The molecule has 0 atom stereocenters. The molecule has 0 bridgehead atoms. The summed E-state index contributed by atoms with van der Waals surface area (Å²) < 4.78 is 3.05. The monoisotopic (exact) mass is 380 g/mol. The van der Waals surface area contributed by atoms with Crippen LogP contribution in [0.2, 0.25) is 5.02 Å². The molecule has 4 rings (SSSR count). The van der Waals surface area contributed by atoms with E-state index in [0.29, 0.717) is 22.3 Å². The van der Waals surface area contributed by atoms with Crippen molar-refractivity contribution in [2.75, 3.05) is 5.32 Å². The average Bonchev–Trinajstić information content (AvgIpc) is 3.07. The molecule has 4 aromatic rings. The number of rotatable bonds is 4. The summed E-state index contributed by atoms with van der Waals surface area (Å²) in [7, 11) is 0. The quantitative estimate of drug-likeness (QED) is 0.586. The minimum Gasteiger partial charge on any atom is -0.353 e. The largest absolute Gasteiger partial charge is 0.353 e. The van der Waals surface area contributed by atoms with Crippen molar-refractivity contribution in [3.63, 3.8) is 0 Å². The number of para-hydroxylation sites is 1. The molecule has 0 fully saturated rings. The highest BCUT2D eigenvalue weighted by atomic mass is 35.5. The van der Waals surface area contributed by atoms with Gasteiger partial charge in [-0.1, -0.05) is 35.0 Å². The highest BCUT2D eigenvalue weighted by molar-refractivity contribution is 6.30. The highest BCUT2D eigenvalue weighted by Crippen LogP contribution is 2.19. The van der Waals surface area contributed by atoms with Crippen LogP contribution in [0.5, 0.6) is 0 Å². The van der Waals surface area contributed by atoms with Crippen LogP contribution in [0.25, 0.3) is 22.5 Å². The summed E-state index contributed by atoms with van der Waals surface area (Å²) in [4.78, 5) is 17.8. The summed E-state index contributed by atoms with van der Waals surface area (Å²) in [5, 5.41) is 12.1. The van der Waals surface area contributed by atoms with Crippen LogP contribution in [-0.4, -0.2) is 30.6 Å². The third-order valence-corrected chi connectivity index (χ3v) is 4.23. The van der Waals surface area contributed by atoms with Gasteiger partial charge in [0.05, 0.1) is 11.4 Å². The molecule has 0 saturated heterocycles. The van der Waals surface area contributed by atoms with E-state index in [1.165, 1.54) is 9.25 Å². The van der Waals surface area contributed by atoms with E-state index in [2.05, 4.69) is 20.6 Å². The van der Waals surface area contributed by atoms with Crippen molar-refractivity contribution < 1.29 is 0 Å². The molecular weight excluding hydrogens is 364 g/mol. The Morgan fingerprint density at radius 2 is 1.70 bits per heavy atom. The minimum absolute atomic E-state index is 0.0872. The van der Waals surface area contributed by atoms with E-state index in [4.69, 9.17) is 11.6 Å². The Bertz CT molecular complexity index is 1150. The summed E-state index contributed by atoms with van der Waals surface area (Å²) in [6.07, 6.45) is 0. The van der Waals surface area contributed by atoms with Crippen molar-refractivity contribution in [2.45, 2.75) is 19.9 Å². The van der Waals surface area contributed by atoms with Gasteiger partial charge in [0.1, 0.15) is 0 Å². The fourth-order valence-corrected chi connectivity index (χ4v) is 2.92. The Kier molecular flexibility index (Phi) is 4.37. The van der Waals surface area contributed by atoms with Gasteiger partial charge in [0.15, 0.2) is 11.2 Å². The number of hydrogen-bond acceptors (Lipinski definition) is 5. The maximum absolute atomic E-state index is 13.2. The van der Waals surface area contributed by atoms with Crippen molar-refractivity contribution in [1.82, 2.24) is 24.5 Å². The standard InChI is InChI=1S/C19H17ClN6O/c1-12(2)21-19-22-17-16(18(27)25(19)14-6-4-3-5-7-14)23-24-26(17)15-10-8-13(20)9-11-15/h3-12H,1-2H3,(H,21,22). The van der Waals surface area contributed by atoms with Crippen molar-refractivity contribution in [3.05, 3.63) is 70.0 Å². The Morgan fingerprint density at radius 3 is 2.37 bits per heavy atom. The normalized spacial score (nSPS) is 11.3. The van der Waals surface area contributed by atoms with E-state index in [1.54, 1.807) is 24.3 Å². The molecule has 0 spiro atoms. The van der Waals surface area contributed by atoms with Gasteiger partial charge in [-0.3, -0.25) is 4.79 Å². The number of hydrogen-bond donors (Lipinski definition) is 1. The molecule has 0 amide bonds. The molecule has 8 heteroatoms. The first kappa shape index (κ1) is 17.2. The SMILES string of the molecule is CC(C)Nc1nc2c(nnn2-c2ccc(Cl)cc2)c(=O)n1-c1ccccc1. The molecular formula is C19H17ClN6O. The molecule has 27 heavy (non-hydrogen) atoms. The lowest BCUT2D eigenvalue weighted by Gasteiger charge is -2.15. The van der Waals surface area contributed by atoms with E-state index in [0.717, 1.165) is 5.69 Å². The van der Waals surface area contributed by atoms with Crippen LogP contribution in [-0.2, 0) is 0 Å². The minimum atomic E-state index is -0.283. The number of benzene rings is 2. The Hall–Kier alpha value is -3.19. The predicted octanol–water partition coefficient (Wildman–Crippen LogP) is 3.44. The van der Waals surface area contributed by atoms with Gasteiger partial charge in [-0.15, -0.1) is 5.10 Å². The number of nitrogens with one attached hydrogen (secondary N) is 1. The molecule has 0 aliphatic rings. The number of anilines is 1. The second-order valence-corrected chi connectivity index (χ2v) is 6.80. The molecule has 2 heterocycles. The first-order chi connectivity index (χ1) is 13.0. The smallest absolute Gasteiger partial charge is 0.289 e. The molecule has 7 nitrogen and oxygen atoms in total. The van der Waals surface area contributed by atoms with Gasteiger partial charge in [-0.05, 0) is 50.2 Å². The lowest BCUT2D eigenvalue weighted by molar-refractivity contribution is 0.813.